The standard InChI is InChI=1S/C23H37N3O5/c1-16(17-11-18(7-5-6-10-28-2)25-22(12-17)30-4)26(19-8-9-19)23(27)21-14-24-13-20(31-21)15-29-3/h11-12,16,19-21,24H,5-10,13-15H2,1-4H3/t16-,20+,21-/m1/s1. The monoisotopic (exact) mass is 435 g/mol. The second-order valence-corrected chi connectivity index (χ2v) is 8.40. The molecule has 2 aliphatic rings. The van der Waals surface area contributed by atoms with Crippen molar-refractivity contribution in [3.8, 4) is 5.88 Å². The molecule has 0 radical (unpaired) electrons. The van der Waals surface area contributed by atoms with E-state index in [1.165, 1.54) is 0 Å². The first kappa shape index (κ1) is 23.9. The third kappa shape index (κ3) is 6.62. The van der Waals surface area contributed by atoms with Gasteiger partial charge in [0.2, 0.25) is 5.88 Å². The van der Waals surface area contributed by atoms with E-state index in [4.69, 9.17) is 18.9 Å². The average molecular weight is 436 g/mol. The second-order valence-electron chi connectivity index (χ2n) is 8.40. The van der Waals surface area contributed by atoms with Crippen LogP contribution in [0.25, 0.3) is 0 Å². The lowest BCUT2D eigenvalue weighted by Gasteiger charge is -2.36. The Hall–Kier alpha value is -1.74. The molecule has 1 aliphatic carbocycles. The van der Waals surface area contributed by atoms with Crippen molar-refractivity contribution in [1.82, 2.24) is 15.2 Å². The summed E-state index contributed by atoms with van der Waals surface area (Å²) >= 11 is 0. The van der Waals surface area contributed by atoms with Crippen molar-refractivity contribution >= 4 is 5.91 Å². The Balaban J connectivity index is 1.74. The van der Waals surface area contributed by atoms with E-state index in [0.29, 0.717) is 25.6 Å². The maximum atomic E-state index is 13.5. The molecule has 0 bridgehead atoms. The number of rotatable bonds is 12. The van der Waals surface area contributed by atoms with Gasteiger partial charge >= 0.3 is 0 Å². The van der Waals surface area contributed by atoms with Crippen molar-refractivity contribution in [3.05, 3.63) is 23.4 Å². The van der Waals surface area contributed by atoms with Gasteiger partial charge in [-0.2, -0.15) is 0 Å². The molecule has 31 heavy (non-hydrogen) atoms. The smallest absolute Gasteiger partial charge is 0.253 e. The van der Waals surface area contributed by atoms with Gasteiger partial charge < -0.3 is 29.2 Å². The number of aryl methyl sites for hydroxylation is 1. The molecule has 174 valence electrons. The van der Waals surface area contributed by atoms with Crippen LogP contribution >= 0.6 is 0 Å². The summed E-state index contributed by atoms with van der Waals surface area (Å²) in [6.07, 6.45) is 4.30. The molecule has 1 saturated carbocycles. The fourth-order valence-electron chi connectivity index (χ4n) is 4.11. The van der Waals surface area contributed by atoms with Crippen molar-refractivity contribution in [2.24, 2.45) is 0 Å². The zero-order chi connectivity index (χ0) is 22.2. The summed E-state index contributed by atoms with van der Waals surface area (Å²) in [4.78, 5) is 20.1. The van der Waals surface area contributed by atoms with Crippen LogP contribution in [0.15, 0.2) is 12.1 Å². The van der Waals surface area contributed by atoms with E-state index >= 15 is 0 Å². The lowest BCUT2D eigenvalue weighted by atomic mass is 10.0. The van der Waals surface area contributed by atoms with Crippen molar-refractivity contribution in [2.75, 3.05) is 47.6 Å². The molecule has 2 heterocycles. The van der Waals surface area contributed by atoms with Gasteiger partial charge in [0.25, 0.3) is 5.91 Å². The minimum absolute atomic E-state index is 0.0423. The molecule has 1 saturated heterocycles. The van der Waals surface area contributed by atoms with E-state index in [9.17, 15) is 4.79 Å². The lowest BCUT2D eigenvalue weighted by molar-refractivity contribution is -0.156. The van der Waals surface area contributed by atoms with Crippen molar-refractivity contribution in [3.63, 3.8) is 0 Å². The maximum absolute atomic E-state index is 13.5. The van der Waals surface area contributed by atoms with Crippen LogP contribution in [0.1, 0.15) is 49.9 Å². The highest BCUT2D eigenvalue weighted by atomic mass is 16.5. The number of hydrogen-bond acceptors (Lipinski definition) is 7. The fraction of sp³-hybridized carbons (Fsp3) is 0.739. The Kier molecular flexibility index (Phi) is 9.07. The molecule has 1 aromatic rings. The number of methoxy groups -OCH3 is 3. The molecule has 1 aromatic heterocycles. The van der Waals surface area contributed by atoms with Crippen LogP contribution < -0.4 is 10.1 Å². The number of ether oxygens (including phenoxy) is 4. The minimum atomic E-state index is -0.491. The van der Waals surface area contributed by atoms with Crippen molar-refractivity contribution in [1.29, 1.82) is 0 Å². The first-order valence-corrected chi connectivity index (χ1v) is 11.3. The Labute approximate surface area is 185 Å². The molecule has 2 fully saturated rings. The molecule has 1 amide bonds. The van der Waals surface area contributed by atoms with Crippen LogP contribution in [0.4, 0.5) is 0 Å². The number of unbranched alkanes of at least 4 members (excludes halogenated alkanes) is 1. The molecule has 0 spiro atoms. The van der Waals surface area contributed by atoms with Gasteiger partial charge in [-0.1, -0.05) is 0 Å². The van der Waals surface area contributed by atoms with Gasteiger partial charge in [0.15, 0.2) is 0 Å². The van der Waals surface area contributed by atoms with Gasteiger partial charge in [-0.15, -0.1) is 0 Å². The van der Waals surface area contributed by atoms with E-state index in [1.807, 2.05) is 11.0 Å². The number of carbonyl (C=O) groups is 1. The predicted molar refractivity (Wildman–Crippen MR) is 117 cm³/mol. The predicted octanol–water partition coefficient (Wildman–Crippen LogP) is 2.11. The Morgan fingerprint density at radius 3 is 2.71 bits per heavy atom. The summed E-state index contributed by atoms with van der Waals surface area (Å²) in [6.45, 7) is 4.53. The van der Waals surface area contributed by atoms with Gasteiger partial charge in [0.05, 0.1) is 25.9 Å². The van der Waals surface area contributed by atoms with Crippen molar-refractivity contribution < 1.29 is 23.7 Å². The first-order valence-electron chi connectivity index (χ1n) is 11.3. The van der Waals surface area contributed by atoms with E-state index in [2.05, 4.69) is 23.3 Å². The van der Waals surface area contributed by atoms with Crippen molar-refractivity contribution in [2.45, 2.75) is 63.3 Å². The molecular formula is C23H37N3O5. The molecule has 1 aliphatic heterocycles. The lowest BCUT2D eigenvalue weighted by Crippen LogP contribution is -2.54. The van der Waals surface area contributed by atoms with Gasteiger partial charge in [-0.05, 0) is 50.7 Å². The van der Waals surface area contributed by atoms with Crippen LogP contribution in [0, 0.1) is 0 Å². The fourth-order valence-corrected chi connectivity index (χ4v) is 4.11. The molecule has 1 N–H and O–H groups in total. The third-order valence-electron chi connectivity index (χ3n) is 5.90. The number of aromatic nitrogens is 1. The number of hydrogen-bond donors (Lipinski definition) is 1. The van der Waals surface area contributed by atoms with E-state index < -0.39 is 6.10 Å². The number of nitrogens with one attached hydrogen (secondary N) is 1. The first-order chi connectivity index (χ1) is 15.1. The molecule has 3 rings (SSSR count). The molecular weight excluding hydrogens is 398 g/mol. The van der Waals surface area contributed by atoms with E-state index in [0.717, 1.165) is 50.0 Å². The summed E-state index contributed by atoms with van der Waals surface area (Å²) in [5, 5.41) is 3.31. The SMILES string of the molecule is COCCCCc1cc([C@@H](C)N(C(=O)[C@H]2CNC[C@@H](COC)O2)C2CC2)cc(OC)n1. The Morgan fingerprint density at radius 2 is 2.03 bits per heavy atom. The highest BCUT2D eigenvalue weighted by Crippen LogP contribution is 2.36. The number of carbonyl (C=O) groups excluding carboxylic acids is 1. The highest BCUT2D eigenvalue weighted by molar-refractivity contribution is 5.82. The third-order valence-corrected chi connectivity index (χ3v) is 5.90. The zero-order valence-electron chi connectivity index (χ0n) is 19.3. The Morgan fingerprint density at radius 1 is 1.23 bits per heavy atom. The van der Waals surface area contributed by atoms with Gasteiger partial charge in [0.1, 0.15) is 6.10 Å². The summed E-state index contributed by atoms with van der Waals surface area (Å²) in [7, 11) is 5.00. The second kappa shape index (κ2) is 11.8. The Bertz CT molecular complexity index is 710. The van der Waals surface area contributed by atoms with E-state index in [1.54, 1.807) is 21.3 Å². The largest absolute Gasteiger partial charge is 0.481 e. The van der Waals surface area contributed by atoms with Gasteiger partial charge in [-0.25, -0.2) is 4.98 Å². The van der Waals surface area contributed by atoms with Gasteiger partial charge in [-0.3, -0.25) is 4.79 Å². The average Bonchev–Trinajstić information content (AvgIpc) is 3.62. The quantitative estimate of drug-likeness (QED) is 0.504. The van der Waals surface area contributed by atoms with Crippen LogP contribution in [0.2, 0.25) is 0 Å². The minimum Gasteiger partial charge on any atom is -0.481 e. The van der Waals surface area contributed by atoms with Crippen LogP contribution in [-0.4, -0.2) is 81.7 Å². The van der Waals surface area contributed by atoms with Crippen LogP contribution in [0.3, 0.4) is 0 Å². The maximum Gasteiger partial charge on any atom is 0.253 e. The summed E-state index contributed by atoms with van der Waals surface area (Å²) < 4.78 is 21.9. The zero-order valence-corrected chi connectivity index (χ0v) is 19.3. The number of morpholine rings is 1. The molecule has 3 atom stereocenters. The molecule has 8 heteroatoms. The van der Waals surface area contributed by atoms with Crippen LogP contribution in [-0.2, 0) is 25.4 Å². The highest BCUT2D eigenvalue weighted by Gasteiger charge is 2.41. The van der Waals surface area contributed by atoms with E-state index in [-0.39, 0.29) is 24.1 Å². The number of amides is 1. The van der Waals surface area contributed by atoms with Gasteiger partial charge in [0, 0.05) is 51.7 Å². The number of pyridine rings is 1. The normalized spacial score (nSPS) is 22.2. The van der Waals surface area contributed by atoms with Crippen LogP contribution in [0.5, 0.6) is 5.88 Å². The number of nitrogens with zero attached hydrogens (tertiary/aromatic N) is 2. The summed E-state index contributed by atoms with van der Waals surface area (Å²) in [5.74, 6) is 0.630. The molecule has 8 nitrogen and oxygen atoms in total. The summed E-state index contributed by atoms with van der Waals surface area (Å²) in [6, 6.07) is 4.23. The molecule has 0 aromatic carbocycles. The summed E-state index contributed by atoms with van der Waals surface area (Å²) in [5.41, 5.74) is 2.03. The topological polar surface area (TPSA) is 82.2 Å². The molecule has 0 unspecified atom stereocenters.